The number of aromatic amines is 1. The van der Waals surface area contributed by atoms with Gasteiger partial charge < -0.3 is 15.2 Å². The maximum atomic E-state index is 12.7. The zero-order valence-electron chi connectivity index (χ0n) is 12.5. The average molecular weight is 302 g/mol. The topological polar surface area (TPSA) is 87.2 Å². The van der Waals surface area contributed by atoms with Gasteiger partial charge in [-0.25, -0.2) is 4.79 Å². The van der Waals surface area contributed by atoms with Crippen LogP contribution in [0.25, 0.3) is 11.0 Å². The summed E-state index contributed by atoms with van der Waals surface area (Å²) in [5.74, 6) is -0.332. The summed E-state index contributed by atoms with van der Waals surface area (Å²) < 4.78 is 1.46. The number of nitrogens with zero attached hydrogens (tertiary/aromatic N) is 2. The van der Waals surface area contributed by atoms with E-state index in [0.29, 0.717) is 29.7 Å². The molecule has 1 fully saturated rings. The van der Waals surface area contributed by atoms with Crippen molar-refractivity contribution >= 4 is 22.8 Å². The molecule has 1 aromatic heterocycles. The molecule has 7 nitrogen and oxygen atoms in total. The van der Waals surface area contributed by atoms with Crippen molar-refractivity contribution in [1.82, 2.24) is 19.8 Å². The van der Waals surface area contributed by atoms with Gasteiger partial charge in [-0.15, -0.1) is 0 Å². The van der Waals surface area contributed by atoms with Gasteiger partial charge in [-0.1, -0.05) is 0 Å². The van der Waals surface area contributed by atoms with Gasteiger partial charge in [0, 0.05) is 25.7 Å². The van der Waals surface area contributed by atoms with Crippen LogP contribution in [0.3, 0.4) is 0 Å². The van der Waals surface area contributed by atoms with Crippen LogP contribution in [-0.2, 0) is 11.8 Å². The molecular formula is C15H18N4O3. The van der Waals surface area contributed by atoms with Gasteiger partial charge in [0.1, 0.15) is 6.04 Å². The molecule has 2 aromatic rings. The molecule has 116 valence electrons. The summed E-state index contributed by atoms with van der Waals surface area (Å²) >= 11 is 0. The predicted molar refractivity (Wildman–Crippen MR) is 81.7 cm³/mol. The Morgan fingerprint density at radius 3 is 2.86 bits per heavy atom. The zero-order chi connectivity index (χ0) is 15.9. The summed E-state index contributed by atoms with van der Waals surface area (Å²) in [6.45, 7) is 2.84. The molecule has 22 heavy (non-hydrogen) atoms. The SMILES string of the molecule is CC1C(=O)NCCCN1C(=O)c1ccc2[nH]c(=O)n(C)c2c1. The van der Waals surface area contributed by atoms with E-state index < -0.39 is 6.04 Å². The largest absolute Gasteiger partial charge is 0.354 e. The van der Waals surface area contributed by atoms with Gasteiger partial charge in [-0.2, -0.15) is 0 Å². The molecule has 3 rings (SSSR count). The van der Waals surface area contributed by atoms with Crippen molar-refractivity contribution in [2.75, 3.05) is 13.1 Å². The molecular weight excluding hydrogens is 284 g/mol. The van der Waals surface area contributed by atoms with Crippen molar-refractivity contribution < 1.29 is 9.59 Å². The van der Waals surface area contributed by atoms with Gasteiger partial charge in [0.15, 0.2) is 0 Å². The summed E-state index contributed by atoms with van der Waals surface area (Å²) in [6.07, 6.45) is 0.729. The predicted octanol–water partition coefficient (Wildman–Crippen LogP) is 0.217. The summed E-state index contributed by atoms with van der Waals surface area (Å²) in [7, 11) is 1.65. The number of aromatic nitrogens is 2. The van der Waals surface area contributed by atoms with Gasteiger partial charge >= 0.3 is 5.69 Å². The van der Waals surface area contributed by atoms with Crippen molar-refractivity contribution in [3.05, 3.63) is 34.2 Å². The molecule has 0 spiro atoms. The smallest absolute Gasteiger partial charge is 0.326 e. The third-order valence-corrected chi connectivity index (χ3v) is 4.14. The minimum Gasteiger partial charge on any atom is -0.354 e. The van der Waals surface area contributed by atoms with Crippen LogP contribution in [0.15, 0.2) is 23.0 Å². The number of carbonyl (C=O) groups is 2. The lowest BCUT2D eigenvalue weighted by Gasteiger charge is -2.25. The average Bonchev–Trinajstić information content (AvgIpc) is 2.68. The van der Waals surface area contributed by atoms with Crippen molar-refractivity contribution in [3.63, 3.8) is 0 Å². The molecule has 1 aliphatic rings. The molecule has 1 saturated heterocycles. The first kappa shape index (κ1) is 14.4. The van der Waals surface area contributed by atoms with Crippen LogP contribution in [0.2, 0.25) is 0 Å². The molecule has 0 saturated carbocycles. The van der Waals surface area contributed by atoms with E-state index in [1.165, 1.54) is 4.57 Å². The fourth-order valence-corrected chi connectivity index (χ4v) is 2.74. The van der Waals surface area contributed by atoms with Crippen molar-refractivity contribution in [1.29, 1.82) is 0 Å². The molecule has 0 bridgehead atoms. The monoisotopic (exact) mass is 302 g/mol. The van der Waals surface area contributed by atoms with E-state index in [1.807, 2.05) is 0 Å². The minimum absolute atomic E-state index is 0.138. The summed E-state index contributed by atoms with van der Waals surface area (Å²) in [5, 5.41) is 2.79. The second-order valence-corrected chi connectivity index (χ2v) is 5.54. The molecule has 0 aliphatic carbocycles. The lowest BCUT2D eigenvalue weighted by molar-refractivity contribution is -0.124. The first-order chi connectivity index (χ1) is 10.5. The number of rotatable bonds is 1. The fraction of sp³-hybridized carbons (Fsp3) is 0.400. The molecule has 7 heteroatoms. The van der Waals surface area contributed by atoms with Gasteiger partial charge in [0.2, 0.25) is 5.91 Å². The van der Waals surface area contributed by atoms with E-state index >= 15 is 0 Å². The van der Waals surface area contributed by atoms with Crippen LogP contribution in [-0.4, -0.2) is 45.4 Å². The summed E-state index contributed by atoms with van der Waals surface area (Å²) in [5.41, 5.74) is 1.61. The standard InChI is InChI=1S/C15H18N4O3/c1-9-13(20)16-6-3-7-19(9)14(21)10-4-5-11-12(8-10)18(2)15(22)17-11/h4-5,8-9H,3,6-7H2,1-2H3,(H,16,20)(H,17,22). The van der Waals surface area contributed by atoms with Gasteiger partial charge in [0.25, 0.3) is 5.91 Å². The van der Waals surface area contributed by atoms with E-state index in [0.717, 1.165) is 6.42 Å². The Morgan fingerprint density at radius 2 is 2.09 bits per heavy atom. The molecule has 1 aliphatic heterocycles. The van der Waals surface area contributed by atoms with Crippen LogP contribution >= 0.6 is 0 Å². The maximum absolute atomic E-state index is 12.7. The van der Waals surface area contributed by atoms with Gasteiger partial charge in [-0.05, 0) is 31.5 Å². The van der Waals surface area contributed by atoms with E-state index in [-0.39, 0.29) is 17.5 Å². The second kappa shape index (κ2) is 5.32. The second-order valence-electron chi connectivity index (χ2n) is 5.54. The lowest BCUT2D eigenvalue weighted by atomic mass is 10.1. The number of hydrogen-bond acceptors (Lipinski definition) is 3. The zero-order valence-corrected chi connectivity index (χ0v) is 12.5. The Kier molecular flexibility index (Phi) is 3.48. The van der Waals surface area contributed by atoms with Crippen molar-refractivity contribution in [2.45, 2.75) is 19.4 Å². The van der Waals surface area contributed by atoms with Crippen LogP contribution in [0, 0.1) is 0 Å². The number of amides is 2. The van der Waals surface area contributed by atoms with E-state index in [2.05, 4.69) is 10.3 Å². The number of hydrogen-bond donors (Lipinski definition) is 2. The van der Waals surface area contributed by atoms with Crippen LogP contribution in [0.5, 0.6) is 0 Å². The molecule has 2 amide bonds. The van der Waals surface area contributed by atoms with E-state index in [1.54, 1.807) is 37.1 Å². The Labute approximate surface area is 126 Å². The van der Waals surface area contributed by atoms with Crippen LogP contribution in [0.4, 0.5) is 0 Å². The van der Waals surface area contributed by atoms with Gasteiger partial charge in [0.05, 0.1) is 11.0 Å². The number of H-pyrrole nitrogens is 1. The van der Waals surface area contributed by atoms with E-state index in [4.69, 9.17) is 0 Å². The van der Waals surface area contributed by atoms with Crippen LogP contribution < -0.4 is 11.0 Å². The van der Waals surface area contributed by atoms with Gasteiger partial charge in [-0.3, -0.25) is 14.2 Å². The van der Waals surface area contributed by atoms with Crippen molar-refractivity contribution in [3.8, 4) is 0 Å². The summed E-state index contributed by atoms with van der Waals surface area (Å²) in [6, 6.07) is 4.58. The third kappa shape index (κ3) is 2.28. The lowest BCUT2D eigenvalue weighted by Crippen LogP contribution is -2.45. The Bertz CT molecular complexity index is 805. The highest BCUT2D eigenvalue weighted by Crippen LogP contribution is 2.16. The quantitative estimate of drug-likeness (QED) is 0.790. The first-order valence-electron chi connectivity index (χ1n) is 7.26. The summed E-state index contributed by atoms with van der Waals surface area (Å²) in [4.78, 5) is 40.5. The highest BCUT2D eigenvalue weighted by atomic mass is 16.2. The normalized spacial score (nSPS) is 19.1. The number of fused-ring (bicyclic) bond motifs is 1. The highest BCUT2D eigenvalue weighted by Gasteiger charge is 2.28. The number of nitrogens with one attached hydrogen (secondary N) is 2. The molecule has 1 atom stereocenters. The van der Waals surface area contributed by atoms with Crippen molar-refractivity contribution in [2.24, 2.45) is 7.05 Å². The number of carbonyl (C=O) groups excluding carboxylic acids is 2. The molecule has 2 N–H and O–H groups in total. The molecule has 1 aromatic carbocycles. The Morgan fingerprint density at radius 1 is 1.32 bits per heavy atom. The number of imidazole rings is 1. The molecule has 0 radical (unpaired) electrons. The Hall–Kier alpha value is -2.57. The Balaban J connectivity index is 1.99. The number of benzene rings is 1. The third-order valence-electron chi connectivity index (χ3n) is 4.14. The minimum atomic E-state index is -0.499. The maximum Gasteiger partial charge on any atom is 0.326 e. The number of aryl methyl sites for hydroxylation is 1. The molecule has 2 heterocycles. The fourth-order valence-electron chi connectivity index (χ4n) is 2.74. The first-order valence-corrected chi connectivity index (χ1v) is 7.26. The molecule has 1 unspecified atom stereocenters. The van der Waals surface area contributed by atoms with Crippen LogP contribution in [0.1, 0.15) is 23.7 Å². The van der Waals surface area contributed by atoms with E-state index in [9.17, 15) is 14.4 Å². The highest BCUT2D eigenvalue weighted by molar-refractivity contribution is 6.00.